The van der Waals surface area contributed by atoms with E-state index in [0.717, 1.165) is 11.9 Å². The maximum atomic E-state index is 12.0. The lowest BCUT2D eigenvalue weighted by Crippen LogP contribution is -2.46. The molecule has 2 heterocycles. The number of anilines is 1. The van der Waals surface area contributed by atoms with Gasteiger partial charge < -0.3 is 15.1 Å². The fraction of sp³-hybridized carbons (Fsp3) is 0.308. The summed E-state index contributed by atoms with van der Waals surface area (Å²) in [6, 6.07) is 4.79. The summed E-state index contributed by atoms with van der Waals surface area (Å²) in [5.41, 5.74) is 1.99. The summed E-state index contributed by atoms with van der Waals surface area (Å²) < 4.78 is 5.17. The number of rotatable bonds is 2. The molecule has 0 aliphatic carbocycles. The van der Waals surface area contributed by atoms with Gasteiger partial charge in [-0.3, -0.25) is 9.59 Å². The minimum Gasteiger partial charge on any atom is -0.443 e. The van der Waals surface area contributed by atoms with E-state index < -0.39 is 6.04 Å². The lowest BCUT2D eigenvalue weighted by molar-refractivity contribution is -0.128. The topological polar surface area (TPSA) is 84.2 Å². The predicted molar refractivity (Wildman–Crippen MR) is 68.4 cm³/mol. The highest BCUT2D eigenvalue weighted by atomic mass is 16.3. The summed E-state index contributed by atoms with van der Waals surface area (Å²) in [5.74, 6) is -0.274. The van der Waals surface area contributed by atoms with Crippen LogP contribution in [0.25, 0.3) is 11.1 Å². The van der Waals surface area contributed by atoms with Gasteiger partial charge in [0.05, 0.1) is 0 Å². The molecular weight excluding hydrogens is 246 g/mol. The Bertz CT molecular complexity index is 635. The fourth-order valence-electron chi connectivity index (χ4n) is 2.16. The van der Waals surface area contributed by atoms with Gasteiger partial charge in [-0.1, -0.05) is 0 Å². The maximum Gasteiger partial charge on any atom is 0.246 e. The molecule has 6 nitrogen and oxygen atoms in total. The van der Waals surface area contributed by atoms with Crippen molar-refractivity contribution in [2.45, 2.75) is 25.3 Å². The molecule has 2 amide bonds. The van der Waals surface area contributed by atoms with Crippen molar-refractivity contribution in [2.75, 3.05) is 5.32 Å². The highest BCUT2D eigenvalue weighted by Crippen LogP contribution is 2.18. The molecule has 1 atom stereocenters. The van der Waals surface area contributed by atoms with Crippen LogP contribution in [-0.4, -0.2) is 22.8 Å². The molecule has 3 rings (SSSR count). The second-order valence-corrected chi connectivity index (χ2v) is 4.54. The molecule has 2 N–H and O–H groups in total. The molecule has 1 aliphatic rings. The fourth-order valence-corrected chi connectivity index (χ4v) is 2.16. The van der Waals surface area contributed by atoms with Crippen molar-refractivity contribution in [1.29, 1.82) is 0 Å². The molecule has 0 spiro atoms. The third-order valence-electron chi connectivity index (χ3n) is 3.15. The molecule has 6 heteroatoms. The van der Waals surface area contributed by atoms with E-state index in [0.29, 0.717) is 24.1 Å². The molecule has 1 fully saturated rings. The number of nitrogens with zero attached hydrogens (tertiary/aromatic N) is 1. The van der Waals surface area contributed by atoms with Crippen molar-refractivity contribution in [2.24, 2.45) is 0 Å². The van der Waals surface area contributed by atoms with Crippen molar-refractivity contribution in [1.82, 2.24) is 10.3 Å². The number of carbonyl (C=O) groups excluding carboxylic acids is 2. The Hall–Kier alpha value is -2.37. The van der Waals surface area contributed by atoms with Crippen LogP contribution in [0.3, 0.4) is 0 Å². The number of fused-ring (bicyclic) bond motifs is 1. The summed E-state index contributed by atoms with van der Waals surface area (Å²) >= 11 is 0. The summed E-state index contributed by atoms with van der Waals surface area (Å²) in [5, 5.41) is 5.45. The van der Waals surface area contributed by atoms with Gasteiger partial charge in [0, 0.05) is 18.2 Å². The van der Waals surface area contributed by atoms with Gasteiger partial charge in [0.1, 0.15) is 11.6 Å². The van der Waals surface area contributed by atoms with Crippen LogP contribution in [0.2, 0.25) is 0 Å². The highest BCUT2D eigenvalue weighted by Gasteiger charge is 2.24. The largest absolute Gasteiger partial charge is 0.443 e. The Balaban J connectivity index is 1.72. The van der Waals surface area contributed by atoms with Crippen molar-refractivity contribution in [3.63, 3.8) is 0 Å². The van der Waals surface area contributed by atoms with E-state index >= 15 is 0 Å². The number of carbonyl (C=O) groups is 2. The molecule has 1 aromatic heterocycles. The van der Waals surface area contributed by atoms with E-state index in [1.165, 1.54) is 6.39 Å². The maximum absolute atomic E-state index is 12.0. The van der Waals surface area contributed by atoms with Gasteiger partial charge in [-0.15, -0.1) is 0 Å². The number of amides is 2. The predicted octanol–water partition coefficient (Wildman–Crippen LogP) is 1.43. The van der Waals surface area contributed by atoms with Gasteiger partial charge in [-0.2, -0.15) is 0 Å². The quantitative estimate of drug-likeness (QED) is 0.854. The van der Waals surface area contributed by atoms with Gasteiger partial charge in [0.2, 0.25) is 11.8 Å². The molecule has 0 radical (unpaired) electrons. The Morgan fingerprint density at radius 3 is 3.21 bits per heavy atom. The van der Waals surface area contributed by atoms with Crippen LogP contribution in [0.4, 0.5) is 5.69 Å². The van der Waals surface area contributed by atoms with Crippen LogP contribution in [-0.2, 0) is 9.59 Å². The molecule has 2 aromatic rings. The number of nitrogens with one attached hydrogen (secondary N) is 2. The number of aromatic nitrogens is 1. The highest BCUT2D eigenvalue weighted by molar-refractivity contribution is 5.98. The van der Waals surface area contributed by atoms with Gasteiger partial charge in [-0.25, -0.2) is 4.98 Å². The summed E-state index contributed by atoms with van der Waals surface area (Å²) in [7, 11) is 0. The van der Waals surface area contributed by atoms with E-state index in [4.69, 9.17) is 4.42 Å². The van der Waals surface area contributed by atoms with E-state index in [1.54, 1.807) is 18.2 Å². The zero-order valence-electron chi connectivity index (χ0n) is 10.2. The minimum atomic E-state index is -0.452. The first-order valence-electron chi connectivity index (χ1n) is 6.16. The zero-order chi connectivity index (χ0) is 13.2. The molecule has 0 saturated carbocycles. The van der Waals surface area contributed by atoms with Crippen LogP contribution in [0, 0.1) is 0 Å². The summed E-state index contributed by atoms with van der Waals surface area (Å²) in [6.45, 7) is 0. The number of hydrogen-bond donors (Lipinski definition) is 2. The Morgan fingerprint density at radius 2 is 2.37 bits per heavy atom. The number of benzene rings is 1. The van der Waals surface area contributed by atoms with E-state index in [-0.39, 0.29) is 11.8 Å². The SMILES string of the molecule is O=C1CCCC(C(=O)Nc2ccc3ncoc3c2)N1. The monoisotopic (exact) mass is 259 g/mol. The average Bonchev–Trinajstić information content (AvgIpc) is 2.86. The molecule has 19 heavy (non-hydrogen) atoms. The summed E-state index contributed by atoms with van der Waals surface area (Å²) in [6.07, 6.45) is 3.26. The molecule has 1 saturated heterocycles. The van der Waals surface area contributed by atoms with Gasteiger partial charge in [-0.05, 0) is 25.0 Å². The standard InChI is InChI=1S/C13H13N3O3/c17-12-3-1-2-10(16-12)13(18)15-8-4-5-9-11(6-8)19-7-14-9/h4-7,10H,1-3H2,(H,15,18)(H,16,17). The van der Waals surface area contributed by atoms with Crippen molar-refractivity contribution < 1.29 is 14.0 Å². The van der Waals surface area contributed by atoms with Crippen molar-refractivity contribution in [3.8, 4) is 0 Å². The second-order valence-electron chi connectivity index (χ2n) is 4.54. The number of piperidine rings is 1. The van der Waals surface area contributed by atoms with Gasteiger partial charge in [0.25, 0.3) is 0 Å². The lowest BCUT2D eigenvalue weighted by Gasteiger charge is -2.22. The van der Waals surface area contributed by atoms with Crippen LogP contribution < -0.4 is 10.6 Å². The van der Waals surface area contributed by atoms with Crippen LogP contribution in [0.15, 0.2) is 29.0 Å². The Morgan fingerprint density at radius 1 is 1.47 bits per heavy atom. The number of hydrogen-bond acceptors (Lipinski definition) is 4. The molecule has 98 valence electrons. The van der Waals surface area contributed by atoms with Gasteiger partial charge >= 0.3 is 0 Å². The van der Waals surface area contributed by atoms with Crippen LogP contribution in [0.5, 0.6) is 0 Å². The normalized spacial score (nSPS) is 19.2. The third-order valence-corrected chi connectivity index (χ3v) is 3.15. The first-order chi connectivity index (χ1) is 9.22. The van der Waals surface area contributed by atoms with E-state index in [1.807, 2.05) is 0 Å². The number of oxazole rings is 1. The van der Waals surface area contributed by atoms with E-state index in [2.05, 4.69) is 15.6 Å². The molecular formula is C13H13N3O3. The smallest absolute Gasteiger partial charge is 0.246 e. The van der Waals surface area contributed by atoms with Crippen molar-refractivity contribution >= 4 is 28.6 Å². The molecule has 1 aromatic carbocycles. The average molecular weight is 259 g/mol. The Kier molecular flexibility index (Phi) is 2.91. The first-order valence-corrected chi connectivity index (χ1v) is 6.16. The minimum absolute atomic E-state index is 0.0721. The third kappa shape index (κ3) is 2.42. The van der Waals surface area contributed by atoms with E-state index in [9.17, 15) is 9.59 Å². The van der Waals surface area contributed by atoms with Crippen LogP contribution in [0.1, 0.15) is 19.3 Å². The first kappa shape index (κ1) is 11.7. The van der Waals surface area contributed by atoms with Crippen LogP contribution >= 0.6 is 0 Å². The molecule has 0 bridgehead atoms. The summed E-state index contributed by atoms with van der Waals surface area (Å²) in [4.78, 5) is 27.3. The molecule has 1 unspecified atom stereocenters. The van der Waals surface area contributed by atoms with Gasteiger partial charge in [0.15, 0.2) is 12.0 Å². The zero-order valence-corrected chi connectivity index (χ0v) is 10.2. The van der Waals surface area contributed by atoms with Crippen molar-refractivity contribution in [3.05, 3.63) is 24.6 Å². The lowest BCUT2D eigenvalue weighted by atomic mass is 10.0. The Labute approximate surface area is 109 Å². The second kappa shape index (κ2) is 4.72. The molecule has 1 aliphatic heterocycles.